The van der Waals surface area contributed by atoms with Gasteiger partial charge in [0.2, 0.25) is 0 Å². The largest absolute Gasteiger partial charge is 0.352 e. The van der Waals surface area contributed by atoms with Crippen LogP contribution in [0.1, 0.15) is 37.4 Å². The number of nitrogens with one attached hydrogen (secondary N) is 1. The van der Waals surface area contributed by atoms with E-state index in [4.69, 9.17) is 0 Å². The fourth-order valence-electron chi connectivity index (χ4n) is 3.94. The van der Waals surface area contributed by atoms with Gasteiger partial charge in [-0.05, 0) is 31.7 Å². The highest BCUT2D eigenvalue weighted by Crippen LogP contribution is 2.37. The summed E-state index contributed by atoms with van der Waals surface area (Å²) in [6.07, 6.45) is 6.42. The number of hydrogen-bond donors (Lipinski definition) is 1. The lowest BCUT2D eigenvalue weighted by Crippen LogP contribution is -2.38. The lowest BCUT2D eigenvalue weighted by Gasteiger charge is -2.32. The van der Waals surface area contributed by atoms with E-state index in [9.17, 15) is 4.79 Å². The minimum absolute atomic E-state index is 0.0246. The summed E-state index contributed by atoms with van der Waals surface area (Å²) in [5.41, 5.74) is 0.700. The van der Waals surface area contributed by atoms with Crippen LogP contribution in [0.25, 0.3) is 10.9 Å². The SMILES string of the molecule is O=c1[nH]c(C2CC2)nc2cnc(N3CCN4CCC3CC4)cc12. The summed E-state index contributed by atoms with van der Waals surface area (Å²) in [5.74, 6) is 2.21. The van der Waals surface area contributed by atoms with E-state index >= 15 is 0 Å². The molecule has 2 bridgehead atoms. The van der Waals surface area contributed by atoms with Crippen LogP contribution in [0.15, 0.2) is 17.1 Å². The highest BCUT2D eigenvalue weighted by Gasteiger charge is 2.30. The summed E-state index contributed by atoms with van der Waals surface area (Å²) in [7, 11) is 0. The van der Waals surface area contributed by atoms with Crippen LogP contribution in [0.4, 0.5) is 5.82 Å². The Bertz CT molecular complexity index is 804. The fourth-order valence-corrected chi connectivity index (χ4v) is 3.94. The predicted molar refractivity (Wildman–Crippen MR) is 88.9 cm³/mol. The van der Waals surface area contributed by atoms with Crippen LogP contribution in [0, 0.1) is 0 Å². The first kappa shape index (κ1) is 13.5. The van der Waals surface area contributed by atoms with Crippen molar-refractivity contribution >= 4 is 16.7 Å². The second-order valence-corrected chi connectivity index (χ2v) is 7.05. The molecule has 6 nitrogen and oxygen atoms in total. The van der Waals surface area contributed by atoms with Gasteiger partial charge >= 0.3 is 0 Å². The van der Waals surface area contributed by atoms with Crippen LogP contribution in [0.2, 0.25) is 0 Å². The second kappa shape index (κ2) is 5.03. The number of pyridine rings is 1. The first-order valence-corrected chi connectivity index (χ1v) is 8.67. The Balaban J connectivity index is 1.56. The third-order valence-corrected chi connectivity index (χ3v) is 5.51. The van der Waals surface area contributed by atoms with Gasteiger partial charge in [0, 0.05) is 38.1 Å². The minimum Gasteiger partial charge on any atom is -0.352 e. The molecule has 1 aliphatic carbocycles. The fraction of sp³-hybridized carbons (Fsp3) is 0.588. The van der Waals surface area contributed by atoms with Crippen LogP contribution in [0.5, 0.6) is 0 Å². The van der Waals surface area contributed by atoms with Crippen molar-refractivity contribution in [3.05, 3.63) is 28.4 Å². The Morgan fingerprint density at radius 3 is 2.70 bits per heavy atom. The molecule has 3 aliphatic heterocycles. The summed E-state index contributed by atoms with van der Waals surface area (Å²) < 4.78 is 0. The van der Waals surface area contributed by atoms with Gasteiger partial charge < -0.3 is 14.8 Å². The third-order valence-electron chi connectivity index (χ3n) is 5.51. The van der Waals surface area contributed by atoms with E-state index < -0.39 is 0 Å². The maximum atomic E-state index is 12.4. The Kier molecular flexibility index (Phi) is 2.95. The van der Waals surface area contributed by atoms with Gasteiger partial charge in [-0.2, -0.15) is 0 Å². The van der Waals surface area contributed by atoms with E-state index in [-0.39, 0.29) is 5.56 Å². The van der Waals surface area contributed by atoms with Gasteiger partial charge in [0.25, 0.3) is 5.56 Å². The highest BCUT2D eigenvalue weighted by molar-refractivity contribution is 5.79. The zero-order chi connectivity index (χ0) is 15.4. The zero-order valence-corrected chi connectivity index (χ0v) is 13.2. The van der Waals surface area contributed by atoms with Crippen molar-refractivity contribution in [2.45, 2.75) is 37.6 Å². The van der Waals surface area contributed by atoms with Crippen molar-refractivity contribution in [1.82, 2.24) is 19.9 Å². The molecule has 3 saturated heterocycles. The van der Waals surface area contributed by atoms with Crippen LogP contribution in [0.3, 0.4) is 0 Å². The molecule has 120 valence electrons. The smallest absolute Gasteiger partial charge is 0.258 e. The summed E-state index contributed by atoms with van der Waals surface area (Å²) >= 11 is 0. The van der Waals surface area contributed by atoms with Gasteiger partial charge in [0.15, 0.2) is 0 Å². The van der Waals surface area contributed by atoms with Crippen LogP contribution in [-0.4, -0.2) is 52.1 Å². The van der Waals surface area contributed by atoms with E-state index in [1.54, 1.807) is 6.20 Å². The molecule has 0 amide bonds. The number of aromatic nitrogens is 3. The van der Waals surface area contributed by atoms with E-state index in [1.807, 2.05) is 6.07 Å². The van der Waals surface area contributed by atoms with E-state index in [0.717, 1.165) is 43.1 Å². The van der Waals surface area contributed by atoms with Crippen molar-refractivity contribution in [3.8, 4) is 0 Å². The van der Waals surface area contributed by atoms with Crippen molar-refractivity contribution in [1.29, 1.82) is 0 Å². The monoisotopic (exact) mass is 311 g/mol. The molecule has 0 aromatic carbocycles. The van der Waals surface area contributed by atoms with Crippen molar-refractivity contribution < 1.29 is 0 Å². The maximum absolute atomic E-state index is 12.4. The standard InChI is InChI=1S/C17H21N5O/c23-17-13-9-15(22-8-7-21-5-3-12(22)4-6-21)18-10-14(13)19-16(20-17)11-1-2-11/h9-12H,1-8H2,(H,19,20,23). The van der Waals surface area contributed by atoms with Gasteiger partial charge in [-0.25, -0.2) is 9.97 Å². The number of anilines is 1. The molecule has 4 fully saturated rings. The van der Waals surface area contributed by atoms with Crippen LogP contribution < -0.4 is 10.5 Å². The van der Waals surface area contributed by atoms with Gasteiger partial charge in [-0.15, -0.1) is 0 Å². The first-order valence-electron chi connectivity index (χ1n) is 8.67. The highest BCUT2D eigenvalue weighted by atomic mass is 16.1. The molecule has 0 radical (unpaired) electrons. The molecular weight excluding hydrogens is 290 g/mol. The van der Waals surface area contributed by atoms with Crippen LogP contribution >= 0.6 is 0 Å². The van der Waals surface area contributed by atoms with Gasteiger partial charge in [-0.1, -0.05) is 0 Å². The van der Waals surface area contributed by atoms with Crippen LogP contribution in [-0.2, 0) is 0 Å². The number of rotatable bonds is 2. The van der Waals surface area contributed by atoms with Gasteiger partial charge in [0.1, 0.15) is 11.6 Å². The van der Waals surface area contributed by atoms with E-state index in [0.29, 0.717) is 17.3 Å². The maximum Gasteiger partial charge on any atom is 0.258 e. The molecule has 2 aromatic rings. The Hall–Kier alpha value is -1.95. The summed E-state index contributed by atoms with van der Waals surface area (Å²) in [4.78, 5) is 29.6. The molecule has 0 atom stereocenters. The predicted octanol–water partition coefficient (Wildman–Crippen LogP) is 1.48. The number of piperidine rings is 1. The molecule has 2 aromatic heterocycles. The normalized spacial score (nSPS) is 27.4. The van der Waals surface area contributed by atoms with Crippen molar-refractivity contribution in [2.75, 3.05) is 31.1 Å². The first-order chi connectivity index (χ1) is 11.3. The van der Waals surface area contributed by atoms with Crippen molar-refractivity contribution in [3.63, 3.8) is 0 Å². The molecule has 0 spiro atoms. The quantitative estimate of drug-likeness (QED) is 0.910. The van der Waals surface area contributed by atoms with Gasteiger partial charge in [0.05, 0.1) is 17.1 Å². The van der Waals surface area contributed by atoms with E-state index in [1.165, 1.54) is 25.9 Å². The number of hydrogen-bond acceptors (Lipinski definition) is 5. The summed E-state index contributed by atoms with van der Waals surface area (Å²) in [6.45, 7) is 4.45. The molecule has 23 heavy (non-hydrogen) atoms. The summed E-state index contributed by atoms with van der Waals surface area (Å²) in [5, 5.41) is 0.665. The molecule has 1 N–H and O–H groups in total. The topological polar surface area (TPSA) is 65.1 Å². The number of H-pyrrole nitrogens is 1. The molecule has 0 unspecified atom stereocenters. The number of aromatic amines is 1. The zero-order valence-electron chi connectivity index (χ0n) is 13.2. The molecule has 4 aliphatic rings. The molecule has 6 rings (SSSR count). The molecule has 6 heteroatoms. The number of nitrogens with zero attached hydrogens (tertiary/aromatic N) is 4. The van der Waals surface area contributed by atoms with E-state index in [2.05, 4.69) is 24.8 Å². The number of fused-ring (bicyclic) bond motifs is 5. The average molecular weight is 311 g/mol. The average Bonchev–Trinajstić information content (AvgIpc) is 3.42. The molecule has 5 heterocycles. The lowest BCUT2D eigenvalue weighted by molar-refractivity contribution is 0.250. The molecule has 1 saturated carbocycles. The summed E-state index contributed by atoms with van der Waals surface area (Å²) in [6, 6.07) is 2.49. The third kappa shape index (κ3) is 2.32. The Morgan fingerprint density at radius 2 is 1.91 bits per heavy atom. The Morgan fingerprint density at radius 1 is 1.09 bits per heavy atom. The van der Waals surface area contributed by atoms with Crippen molar-refractivity contribution in [2.24, 2.45) is 0 Å². The molecular formula is C17H21N5O. The Labute approximate surface area is 134 Å². The van der Waals surface area contributed by atoms with Gasteiger partial charge in [-0.3, -0.25) is 4.79 Å². The lowest BCUT2D eigenvalue weighted by atomic mass is 10.1. The second-order valence-electron chi connectivity index (χ2n) is 7.05. The minimum atomic E-state index is -0.0246.